The fourth-order valence-electron chi connectivity index (χ4n) is 2.85. The molecule has 0 radical (unpaired) electrons. The zero-order valence-electron chi connectivity index (χ0n) is 12.0. The van der Waals surface area contributed by atoms with Crippen molar-refractivity contribution >= 4 is 0 Å². The van der Waals surface area contributed by atoms with Gasteiger partial charge in [-0.2, -0.15) is 0 Å². The molecule has 1 atom stereocenters. The number of hydrogen-bond donors (Lipinski definition) is 1. The lowest BCUT2D eigenvalue weighted by Crippen LogP contribution is -2.33. The van der Waals surface area contributed by atoms with Gasteiger partial charge >= 0.3 is 0 Å². The average molecular weight is 242 g/mol. The predicted molar refractivity (Wildman–Crippen MR) is 72.0 cm³/mol. The molecule has 0 aromatic heterocycles. The van der Waals surface area contributed by atoms with Gasteiger partial charge in [0.05, 0.1) is 12.7 Å². The van der Waals surface area contributed by atoms with Gasteiger partial charge in [0.15, 0.2) is 0 Å². The lowest BCUT2D eigenvalue weighted by Gasteiger charge is -2.38. The molecule has 0 heterocycles. The number of rotatable bonds is 5. The molecule has 2 heteroatoms. The molecule has 1 aliphatic carbocycles. The Balaban J connectivity index is 2.26. The van der Waals surface area contributed by atoms with Crippen LogP contribution in [0.3, 0.4) is 0 Å². The number of aliphatic hydroxyl groups excluding tert-OH is 1. The third-order valence-corrected chi connectivity index (χ3v) is 4.18. The minimum Gasteiger partial charge on any atom is -0.390 e. The Morgan fingerprint density at radius 2 is 1.76 bits per heavy atom. The van der Waals surface area contributed by atoms with Gasteiger partial charge < -0.3 is 9.84 Å². The fraction of sp³-hybridized carbons (Fsp3) is 1.00. The van der Waals surface area contributed by atoms with Gasteiger partial charge in [0, 0.05) is 6.61 Å². The number of hydrogen-bond acceptors (Lipinski definition) is 2. The summed E-state index contributed by atoms with van der Waals surface area (Å²) in [5.41, 5.74) is 0.425. The lowest BCUT2D eigenvalue weighted by atomic mass is 9.69. The second-order valence-corrected chi connectivity index (χ2v) is 6.62. The van der Waals surface area contributed by atoms with Gasteiger partial charge in [-0.25, -0.2) is 0 Å². The molecule has 0 amide bonds. The van der Waals surface area contributed by atoms with Crippen LogP contribution in [-0.4, -0.2) is 24.4 Å². The molecule has 1 unspecified atom stereocenters. The van der Waals surface area contributed by atoms with E-state index in [-0.39, 0.29) is 6.10 Å². The zero-order valence-corrected chi connectivity index (χ0v) is 12.0. The van der Waals surface area contributed by atoms with Crippen LogP contribution in [0.2, 0.25) is 0 Å². The molecule has 1 aliphatic rings. The third-order valence-electron chi connectivity index (χ3n) is 4.18. The summed E-state index contributed by atoms with van der Waals surface area (Å²) in [6.07, 6.45) is 5.64. The summed E-state index contributed by atoms with van der Waals surface area (Å²) in [6, 6.07) is 0. The molecule has 0 aromatic carbocycles. The van der Waals surface area contributed by atoms with E-state index in [0.717, 1.165) is 18.9 Å². The highest BCUT2D eigenvalue weighted by molar-refractivity contribution is 4.83. The monoisotopic (exact) mass is 242 g/mol. The summed E-state index contributed by atoms with van der Waals surface area (Å²) in [6.45, 7) is 10.4. The van der Waals surface area contributed by atoms with Crippen molar-refractivity contribution in [3.05, 3.63) is 0 Å². The van der Waals surface area contributed by atoms with Crippen LogP contribution < -0.4 is 0 Å². The molecule has 2 nitrogen and oxygen atoms in total. The second-order valence-electron chi connectivity index (χ2n) is 6.62. The molecule has 1 N–H and O–H groups in total. The fourth-order valence-corrected chi connectivity index (χ4v) is 2.85. The predicted octanol–water partition coefficient (Wildman–Crippen LogP) is 3.63. The van der Waals surface area contributed by atoms with E-state index < -0.39 is 0 Å². The molecule has 1 fully saturated rings. The first-order chi connectivity index (χ1) is 7.95. The highest BCUT2D eigenvalue weighted by atomic mass is 16.5. The van der Waals surface area contributed by atoms with Crippen LogP contribution in [-0.2, 0) is 4.74 Å². The Kier molecular flexibility index (Phi) is 5.94. The minimum absolute atomic E-state index is 0.248. The van der Waals surface area contributed by atoms with E-state index in [0.29, 0.717) is 17.9 Å². The van der Waals surface area contributed by atoms with Crippen molar-refractivity contribution < 1.29 is 9.84 Å². The first-order valence-corrected chi connectivity index (χ1v) is 7.21. The van der Waals surface area contributed by atoms with Crippen molar-refractivity contribution in [1.29, 1.82) is 0 Å². The quantitative estimate of drug-likeness (QED) is 0.746. The third kappa shape index (κ3) is 4.97. The summed E-state index contributed by atoms with van der Waals surface area (Å²) in [4.78, 5) is 0. The van der Waals surface area contributed by atoms with Gasteiger partial charge in [-0.05, 0) is 49.4 Å². The Hall–Kier alpha value is -0.0800. The number of aliphatic hydroxyl groups is 1. The Morgan fingerprint density at radius 3 is 2.24 bits per heavy atom. The van der Waals surface area contributed by atoms with Crippen LogP contribution in [0.5, 0.6) is 0 Å². The molecular weight excluding hydrogens is 212 g/mol. The zero-order chi connectivity index (χ0) is 12.9. The number of ether oxygens (including phenoxy) is 1. The van der Waals surface area contributed by atoms with E-state index in [1.165, 1.54) is 25.7 Å². The molecule has 17 heavy (non-hydrogen) atoms. The van der Waals surface area contributed by atoms with E-state index in [1.54, 1.807) is 0 Å². The van der Waals surface area contributed by atoms with Crippen LogP contribution in [0.25, 0.3) is 0 Å². The molecule has 102 valence electrons. The molecule has 1 rings (SSSR count). The van der Waals surface area contributed by atoms with Gasteiger partial charge in [-0.1, -0.05) is 27.7 Å². The van der Waals surface area contributed by atoms with Gasteiger partial charge in [0.1, 0.15) is 0 Å². The van der Waals surface area contributed by atoms with Gasteiger partial charge in [-0.3, -0.25) is 0 Å². The largest absolute Gasteiger partial charge is 0.390 e. The van der Waals surface area contributed by atoms with E-state index >= 15 is 0 Å². The van der Waals surface area contributed by atoms with Crippen LogP contribution in [0.4, 0.5) is 0 Å². The second kappa shape index (κ2) is 6.75. The van der Waals surface area contributed by atoms with E-state index in [4.69, 9.17) is 4.74 Å². The average Bonchev–Trinajstić information content (AvgIpc) is 2.28. The normalized spacial score (nSPS) is 28.1. The highest BCUT2D eigenvalue weighted by Gasteiger charge is 2.32. The van der Waals surface area contributed by atoms with Crippen LogP contribution in [0.15, 0.2) is 0 Å². The Morgan fingerprint density at radius 1 is 1.18 bits per heavy atom. The SMILES string of the molecule is CCCOCC(O)C1CCC(C(C)(C)C)CC1. The molecule has 1 saturated carbocycles. The van der Waals surface area contributed by atoms with Crippen molar-refractivity contribution in [2.24, 2.45) is 17.3 Å². The maximum Gasteiger partial charge on any atom is 0.0801 e. The summed E-state index contributed by atoms with van der Waals surface area (Å²) >= 11 is 0. The summed E-state index contributed by atoms with van der Waals surface area (Å²) < 4.78 is 5.44. The van der Waals surface area contributed by atoms with E-state index in [1.807, 2.05) is 0 Å². The van der Waals surface area contributed by atoms with Crippen molar-refractivity contribution in [2.45, 2.75) is 65.9 Å². The molecule has 0 spiro atoms. The van der Waals surface area contributed by atoms with Crippen LogP contribution in [0.1, 0.15) is 59.8 Å². The minimum atomic E-state index is -0.248. The molecular formula is C15H30O2. The Bertz CT molecular complexity index is 199. The standard InChI is InChI=1S/C15H30O2/c1-5-10-17-11-14(16)12-6-8-13(9-7-12)15(2,3)4/h12-14,16H,5-11H2,1-4H3. The van der Waals surface area contributed by atoms with Crippen molar-refractivity contribution in [1.82, 2.24) is 0 Å². The maximum atomic E-state index is 10.1. The van der Waals surface area contributed by atoms with Gasteiger partial charge in [0.25, 0.3) is 0 Å². The topological polar surface area (TPSA) is 29.5 Å². The van der Waals surface area contributed by atoms with Crippen LogP contribution in [0, 0.1) is 17.3 Å². The van der Waals surface area contributed by atoms with Crippen LogP contribution >= 0.6 is 0 Å². The molecule has 0 bridgehead atoms. The molecule has 0 aliphatic heterocycles. The van der Waals surface area contributed by atoms with Crippen molar-refractivity contribution in [3.63, 3.8) is 0 Å². The van der Waals surface area contributed by atoms with Gasteiger partial charge in [-0.15, -0.1) is 0 Å². The van der Waals surface area contributed by atoms with E-state index in [9.17, 15) is 5.11 Å². The lowest BCUT2D eigenvalue weighted by molar-refractivity contribution is -0.0145. The molecule has 0 aromatic rings. The molecule has 0 saturated heterocycles. The van der Waals surface area contributed by atoms with Crippen molar-refractivity contribution in [2.75, 3.05) is 13.2 Å². The van der Waals surface area contributed by atoms with E-state index in [2.05, 4.69) is 27.7 Å². The first kappa shape index (κ1) is 15.0. The summed E-state index contributed by atoms with van der Waals surface area (Å²) in [5, 5.41) is 10.1. The van der Waals surface area contributed by atoms with Crippen molar-refractivity contribution in [3.8, 4) is 0 Å². The van der Waals surface area contributed by atoms with Gasteiger partial charge in [0.2, 0.25) is 0 Å². The summed E-state index contributed by atoms with van der Waals surface area (Å²) in [5.74, 6) is 1.29. The first-order valence-electron chi connectivity index (χ1n) is 7.21. The highest BCUT2D eigenvalue weighted by Crippen LogP contribution is 2.40. The smallest absolute Gasteiger partial charge is 0.0801 e. The maximum absolute atomic E-state index is 10.1. The summed E-state index contributed by atoms with van der Waals surface area (Å²) in [7, 11) is 0. The Labute approximate surface area is 107 Å².